The SMILES string of the molecule is CN(C)CCN1CCN(C(=O)c2cc(-c3cnc4[nH]cc(-c5ccc6cc[nH]c6c5)c4c3)ccc2N)CC1. The number of benzene rings is 2. The van der Waals surface area contributed by atoms with Gasteiger partial charge in [0.15, 0.2) is 0 Å². The highest BCUT2D eigenvalue weighted by Crippen LogP contribution is 2.33. The van der Waals surface area contributed by atoms with E-state index in [-0.39, 0.29) is 5.91 Å². The van der Waals surface area contributed by atoms with Crippen molar-refractivity contribution in [1.29, 1.82) is 0 Å². The summed E-state index contributed by atoms with van der Waals surface area (Å²) in [6.45, 7) is 5.21. The number of carbonyl (C=O) groups is 1. The van der Waals surface area contributed by atoms with E-state index < -0.39 is 0 Å². The summed E-state index contributed by atoms with van der Waals surface area (Å²) >= 11 is 0. The molecule has 2 aromatic carbocycles. The zero-order valence-corrected chi connectivity index (χ0v) is 21.9. The second-order valence-electron chi connectivity index (χ2n) is 10.3. The summed E-state index contributed by atoms with van der Waals surface area (Å²) in [6.07, 6.45) is 5.80. The molecule has 38 heavy (non-hydrogen) atoms. The third-order valence-corrected chi connectivity index (χ3v) is 7.54. The molecule has 8 nitrogen and oxygen atoms in total. The summed E-state index contributed by atoms with van der Waals surface area (Å²) in [4.78, 5) is 31.3. The molecular weight excluding hydrogens is 474 g/mol. The van der Waals surface area contributed by atoms with Gasteiger partial charge in [-0.2, -0.15) is 0 Å². The molecule has 8 heteroatoms. The number of hydrogen-bond donors (Lipinski definition) is 3. The van der Waals surface area contributed by atoms with Crippen LogP contribution in [-0.2, 0) is 0 Å². The number of fused-ring (bicyclic) bond motifs is 2. The van der Waals surface area contributed by atoms with Crippen molar-refractivity contribution in [2.45, 2.75) is 0 Å². The van der Waals surface area contributed by atoms with Crippen LogP contribution in [0.4, 0.5) is 5.69 Å². The van der Waals surface area contributed by atoms with Gasteiger partial charge in [-0.1, -0.05) is 18.2 Å². The van der Waals surface area contributed by atoms with Crippen LogP contribution in [0.1, 0.15) is 10.4 Å². The lowest BCUT2D eigenvalue weighted by atomic mass is 9.99. The Hall–Kier alpha value is -4.14. The quantitative estimate of drug-likeness (QED) is 0.298. The Morgan fingerprint density at radius 2 is 1.79 bits per heavy atom. The van der Waals surface area contributed by atoms with Crippen LogP contribution in [0.2, 0.25) is 0 Å². The average Bonchev–Trinajstić information content (AvgIpc) is 3.58. The second-order valence-corrected chi connectivity index (χ2v) is 10.3. The molecule has 3 aromatic heterocycles. The summed E-state index contributed by atoms with van der Waals surface area (Å²) in [7, 11) is 4.17. The van der Waals surface area contributed by atoms with Crippen molar-refractivity contribution in [1.82, 2.24) is 29.7 Å². The number of hydrogen-bond acceptors (Lipinski definition) is 5. The van der Waals surface area contributed by atoms with Gasteiger partial charge in [0.25, 0.3) is 5.91 Å². The number of anilines is 1. The molecule has 6 rings (SSSR count). The molecule has 0 radical (unpaired) electrons. The van der Waals surface area contributed by atoms with Crippen LogP contribution in [-0.4, -0.2) is 88.9 Å². The Labute approximate surface area is 222 Å². The number of aromatic amines is 2. The molecular formula is C30H33N7O. The first-order valence-corrected chi connectivity index (χ1v) is 13.1. The number of nitrogens with one attached hydrogen (secondary N) is 2. The Morgan fingerprint density at radius 1 is 0.974 bits per heavy atom. The molecule has 1 amide bonds. The van der Waals surface area contributed by atoms with E-state index in [1.807, 2.05) is 41.7 Å². The number of H-pyrrole nitrogens is 2. The molecule has 4 N–H and O–H groups in total. The van der Waals surface area contributed by atoms with Crippen molar-refractivity contribution in [3.8, 4) is 22.3 Å². The Bertz CT molecular complexity index is 1610. The van der Waals surface area contributed by atoms with Gasteiger partial charge >= 0.3 is 0 Å². The first-order chi connectivity index (χ1) is 18.5. The zero-order valence-electron chi connectivity index (χ0n) is 21.9. The molecule has 0 bridgehead atoms. The number of nitrogens with zero attached hydrogens (tertiary/aromatic N) is 4. The van der Waals surface area contributed by atoms with E-state index in [1.165, 1.54) is 5.39 Å². The molecule has 5 aromatic rings. The maximum atomic E-state index is 13.5. The normalized spacial score (nSPS) is 14.7. The minimum Gasteiger partial charge on any atom is -0.398 e. The number of carbonyl (C=O) groups excluding carboxylic acids is 1. The van der Waals surface area contributed by atoms with Crippen molar-refractivity contribution in [2.75, 3.05) is 59.1 Å². The fraction of sp³-hybridized carbons (Fsp3) is 0.267. The van der Waals surface area contributed by atoms with E-state index in [4.69, 9.17) is 5.73 Å². The minimum absolute atomic E-state index is 0.00719. The highest BCUT2D eigenvalue weighted by atomic mass is 16.2. The number of nitrogen functional groups attached to an aromatic ring is 1. The summed E-state index contributed by atoms with van der Waals surface area (Å²) in [5, 5.41) is 2.22. The van der Waals surface area contributed by atoms with Crippen LogP contribution in [0.25, 0.3) is 44.2 Å². The van der Waals surface area contributed by atoms with Gasteiger partial charge in [-0.25, -0.2) is 4.98 Å². The highest BCUT2D eigenvalue weighted by Gasteiger charge is 2.24. The van der Waals surface area contributed by atoms with Crippen molar-refractivity contribution < 1.29 is 4.79 Å². The van der Waals surface area contributed by atoms with E-state index in [2.05, 4.69) is 69.2 Å². The fourth-order valence-corrected chi connectivity index (χ4v) is 5.22. The molecule has 0 unspecified atom stereocenters. The largest absolute Gasteiger partial charge is 0.398 e. The van der Waals surface area contributed by atoms with Gasteiger partial charge in [-0.3, -0.25) is 9.69 Å². The number of rotatable bonds is 6. The lowest BCUT2D eigenvalue weighted by Crippen LogP contribution is -2.50. The van der Waals surface area contributed by atoms with Gasteiger partial charge in [-0.15, -0.1) is 0 Å². The molecule has 0 saturated carbocycles. The highest BCUT2D eigenvalue weighted by molar-refractivity contribution is 6.01. The maximum Gasteiger partial charge on any atom is 0.256 e. The van der Waals surface area contributed by atoms with Gasteiger partial charge in [0, 0.05) is 85.6 Å². The first kappa shape index (κ1) is 24.2. The number of piperazine rings is 1. The molecule has 194 valence electrons. The van der Waals surface area contributed by atoms with Crippen molar-refractivity contribution >= 4 is 33.5 Å². The fourth-order valence-electron chi connectivity index (χ4n) is 5.22. The number of amides is 1. The van der Waals surface area contributed by atoms with Crippen LogP contribution in [0, 0.1) is 0 Å². The van der Waals surface area contributed by atoms with Gasteiger partial charge in [0.05, 0.1) is 5.56 Å². The van der Waals surface area contributed by atoms with Crippen molar-refractivity contribution in [3.05, 3.63) is 72.7 Å². The van der Waals surface area contributed by atoms with E-state index in [9.17, 15) is 4.79 Å². The van der Waals surface area contributed by atoms with E-state index in [1.54, 1.807) is 0 Å². The van der Waals surface area contributed by atoms with Crippen LogP contribution >= 0.6 is 0 Å². The molecule has 0 spiro atoms. The van der Waals surface area contributed by atoms with Crippen LogP contribution in [0.5, 0.6) is 0 Å². The van der Waals surface area contributed by atoms with Gasteiger partial charge < -0.3 is 25.5 Å². The predicted octanol–water partition coefficient (Wildman–Crippen LogP) is 4.28. The summed E-state index contributed by atoms with van der Waals surface area (Å²) in [6, 6.07) is 16.3. The van der Waals surface area contributed by atoms with Crippen LogP contribution in [0.15, 0.2) is 67.1 Å². The molecule has 1 aliphatic rings. The molecule has 4 heterocycles. The molecule has 1 aliphatic heterocycles. The number of likely N-dealkylation sites (N-methyl/N-ethyl adjacent to an activating group) is 1. The van der Waals surface area contributed by atoms with Crippen molar-refractivity contribution in [2.24, 2.45) is 0 Å². The summed E-state index contributed by atoms with van der Waals surface area (Å²) in [5.74, 6) is -0.00719. The number of nitrogens with two attached hydrogens (primary N) is 1. The van der Waals surface area contributed by atoms with E-state index >= 15 is 0 Å². The van der Waals surface area contributed by atoms with Crippen LogP contribution in [0.3, 0.4) is 0 Å². The lowest BCUT2D eigenvalue weighted by Gasteiger charge is -2.35. The zero-order chi connectivity index (χ0) is 26.2. The minimum atomic E-state index is -0.00719. The van der Waals surface area contributed by atoms with E-state index in [0.717, 1.165) is 65.0 Å². The molecule has 1 saturated heterocycles. The molecule has 0 atom stereocenters. The summed E-state index contributed by atoms with van der Waals surface area (Å²) < 4.78 is 0. The van der Waals surface area contributed by atoms with Gasteiger partial charge in [-0.05, 0) is 60.9 Å². The van der Waals surface area contributed by atoms with Crippen LogP contribution < -0.4 is 5.73 Å². The standard InChI is InChI=1S/C30H33N7O/c1-35(2)9-10-36-11-13-37(14-12-36)30(38)25-15-21(5-6-27(25)31)23-16-24-26(19-34-29(24)33-18-23)22-4-3-20-7-8-32-28(20)17-22/h3-8,15-19,32H,9-14,31H2,1-2H3,(H,33,34). The molecule has 1 fully saturated rings. The third-order valence-electron chi connectivity index (χ3n) is 7.54. The molecule has 0 aliphatic carbocycles. The van der Waals surface area contributed by atoms with Gasteiger partial charge in [0.1, 0.15) is 5.65 Å². The number of pyridine rings is 1. The Balaban J connectivity index is 1.26. The first-order valence-electron chi connectivity index (χ1n) is 13.1. The monoisotopic (exact) mass is 507 g/mol. The Kier molecular flexibility index (Phi) is 6.35. The van der Waals surface area contributed by atoms with E-state index in [0.29, 0.717) is 24.3 Å². The smallest absolute Gasteiger partial charge is 0.256 e. The Morgan fingerprint density at radius 3 is 2.61 bits per heavy atom. The number of aromatic nitrogens is 3. The second kappa shape index (κ2) is 9.96. The summed E-state index contributed by atoms with van der Waals surface area (Å²) in [5.41, 5.74) is 13.4. The average molecular weight is 508 g/mol. The maximum absolute atomic E-state index is 13.5. The predicted molar refractivity (Wildman–Crippen MR) is 154 cm³/mol. The van der Waals surface area contributed by atoms with Crippen molar-refractivity contribution in [3.63, 3.8) is 0 Å². The van der Waals surface area contributed by atoms with Gasteiger partial charge in [0.2, 0.25) is 0 Å². The lowest BCUT2D eigenvalue weighted by molar-refractivity contribution is 0.0631. The third kappa shape index (κ3) is 4.64. The topological polar surface area (TPSA) is 97.3 Å².